The van der Waals surface area contributed by atoms with E-state index >= 15 is 0 Å². The number of hydrogen-bond acceptors (Lipinski definition) is 4. The van der Waals surface area contributed by atoms with Crippen molar-refractivity contribution < 1.29 is 17.9 Å². The van der Waals surface area contributed by atoms with Gasteiger partial charge < -0.3 is 4.74 Å². The van der Waals surface area contributed by atoms with Gasteiger partial charge in [-0.05, 0) is 67.1 Å². The molecule has 0 heterocycles. The summed E-state index contributed by atoms with van der Waals surface area (Å²) >= 11 is 0. The number of carbonyl (C=O) groups excluding carboxylic acids is 1. The fraction of sp³-hybridized carbons (Fsp3) is 0.350. The van der Waals surface area contributed by atoms with Gasteiger partial charge in [-0.25, -0.2) is 8.42 Å². The van der Waals surface area contributed by atoms with E-state index in [1.54, 1.807) is 18.2 Å². The highest BCUT2D eigenvalue weighted by molar-refractivity contribution is 7.89. The van der Waals surface area contributed by atoms with Crippen LogP contribution in [0.4, 0.5) is 0 Å². The zero-order valence-corrected chi connectivity index (χ0v) is 16.9. The van der Waals surface area contributed by atoms with Crippen LogP contribution in [0.2, 0.25) is 0 Å². The molecule has 0 spiro atoms. The number of carbonyl (C=O) groups is 1. The Morgan fingerprint density at radius 3 is 2.33 bits per heavy atom. The number of amides is 1. The maximum Gasteiger partial charge on any atom is 0.272 e. The van der Waals surface area contributed by atoms with Gasteiger partial charge in [0.15, 0.2) is 6.61 Å². The van der Waals surface area contributed by atoms with Crippen molar-refractivity contribution in [1.29, 1.82) is 0 Å². The first-order valence-corrected chi connectivity index (χ1v) is 10.3. The Balaban J connectivity index is 1.90. The predicted molar refractivity (Wildman–Crippen MR) is 105 cm³/mol. The molecule has 0 aliphatic carbocycles. The maximum atomic E-state index is 12.3. The molecule has 0 aliphatic rings. The fourth-order valence-electron chi connectivity index (χ4n) is 2.38. The molecule has 0 radical (unpaired) electrons. The smallest absolute Gasteiger partial charge is 0.272 e. The van der Waals surface area contributed by atoms with E-state index in [-0.39, 0.29) is 11.5 Å². The zero-order chi connectivity index (χ0) is 20.0. The first-order chi connectivity index (χ1) is 12.7. The van der Waals surface area contributed by atoms with Crippen LogP contribution in [0, 0.1) is 13.8 Å². The second-order valence-electron chi connectivity index (χ2n) is 6.57. The number of sulfonamides is 1. The largest absolute Gasteiger partial charge is 0.484 e. The van der Waals surface area contributed by atoms with E-state index in [0.29, 0.717) is 11.7 Å². The van der Waals surface area contributed by atoms with Crippen LogP contribution in [0.1, 0.15) is 42.9 Å². The topological polar surface area (TPSA) is 84.5 Å². The van der Waals surface area contributed by atoms with Gasteiger partial charge in [0.2, 0.25) is 0 Å². The normalized spacial score (nSPS) is 12.4. The van der Waals surface area contributed by atoms with Gasteiger partial charge in [-0.1, -0.05) is 32.0 Å². The van der Waals surface area contributed by atoms with Crippen molar-refractivity contribution in [3.8, 4) is 5.75 Å². The molecular weight excluding hydrogens is 364 g/mol. The lowest BCUT2D eigenvalue weighted by Crippen LogP contribution is -2.43. The number of aryl methyl sites for hydroxylation is 2. The van der Waals surface area contributed by atoms with E-state index < -0.39 is 15.9 Å². The minimum absolute atomic E-state index is 0.0879. The number of rotatable bonds is 8. The third-order valence-corrected chi connectivity index (χ3v) is 5.81. The summed E-state index contributed by atoms with van der Waals surface area (Å²) in [5, 5.41) is 0. The Morgan fingerprint density at radius 2 is 1.74 bits per heavy atom. The molecule has 0 bridgehead atoms. The monoisotopic (exact) mass is 390 g/mol. The Morgan fingerprint density at radius 1 is 1.07 bits per heavy atom. The number of hydrazine groups is 1. The zero-order valence-electron chi connectivity index (χ0n) is 16.1. The molecule has 146 valence electrons. The number of benzene rings is 2. The van der Waals surface area contributed by atoms with Gasteiger partial charge in [-0.15, -0.1) is 4.83 Å². The molecule has 0 fully saturated rings. The molecule has 7 heteroatoms. The molecule has 0 aromatic heterocycles. The summed E-state index contributed by atoms with van der Waals surface area (Å²) in [7, 11) is -3.84. The van der Waals surface area contributed by atoms with Crippen LogP contribution >= 0.6 is 0 Å². The molecule has 1 amide bonds. The third kappa shape index (κ3) is 5.80. The van der Waals surface area contributed by atoms with Gasteiger partial charge >= 0.3 is 0 Å². The summed E-state index contributed by atoms with van der Waals surface area (Å²) in [5.41, 5.74) is 5.41. The quantitative estimate of drug-likeness (QED) is 0.678. The molecule has 2 aromatic carbocycles. The van der Waals surface area contributed by atoms with Crippen molar-refractivity contribution >= 4 is 15.9 Å². The van der Waals surface area contributed by atoms with E-state index in [4.69, 9.17) is 4.74 Å². The van der Waals surface area contributed by atoms with Crippen LogP contribution in [0.25, 0.3) is 0 Å². The fourth-order valence-corrected chi connectivity index (χ4v) is 3.24. The van der Waals surface area contributed by atoms with Crippen molar-refractivity contribution in [2.45, 2.75) is 44.9 Å². The van der Waals surface area contributed by atoms with Gasteiger partial charge in [0.05, 0.1) is 4.90 Å². The molecule has 6 nitrogen and oxygen atoms in total. The van der Waals surface area contributed by atoms with Crippen LogP contribution in [-0.2, 0) is 14.8 Å². The molecule has 0 unspecified atom stereocenters. The summed E-state index contributed by atoms with van der Waals surface area (Å²) in [5.74, 6) is 0.321. The van der Waals surface area contributed by atoms with Crippen molar-refractivity contribution in [2.75, 3.05) is 6.61 Å². The Bertz CT molecular complexity index is 893. The van der Waals surface area contributed by atoms with E-state index in [1.165, 1.54) is 12.1 Å². The molecule has 27 heavy (non-hydrogen) atoms. The SMILES string of the molecule is CC[C@H](C)c1ccc(S(=O)(=O)NNC(=O)COc2ccc(C)c(C)c2)cc1. The van der Waals surface area contributed by atoms with Crippen LogP contribution in [0.15, 0.2) is 47.4 Å². The Hall–Kier alpha value is -2.38. The van der Waals surface area contributed by atoms with Crippen LogP contribution < -0.4 is 15.0 Å². The average Bonchev–Trinajstić information content (AvgIpc) is 2.66. The molecule has 0 aliphatic heterocycles. The van der Waals surface area contributed by atoms with Crippen LogP contribution in [0.5, 0.6) is 5.75 Å². The van der Waals surface area contributed by atoms with Gasteiger partial charge in [0.1, 0.15) is 5.75 Å². The summed E-state index contributed by atoms with van der Waals surface area (Å²) < 4.78 is 29.9. The van der Waals surface area contributed by atoms with Crippen molar-refractivity contribution in [1.82, 2.24) is 10.3 Å². The van der Waals surface area contributed by atoms with Gasteiger partial charge in [0.25, 0.3) is 15.9 Å². The highest BCUT2D eigenvalue weighted by Gasteiger charge is 2.16. The molecule has 1 atom stereocenters. The Labute approximate surface area is 161 Å². The molecule has 2 rings (SSSR count). The number of nitrogens with one attached hydrogen (secondary N) is 2. The second kappa shape index (κ2) is 9.01. The first-order valence-electron chi connectivity index (χ1n) is 8.83. The van der Waals surface area contributed by atoms with E-state index in [0.717, 1.165) is 23.1 Å². The highest BCUT2D eigenvalue weighted by atomic mass is 32.2. The second-order valence-corrected chi connectivity index (χ2v) is 8.25. The van der Waals surface area contributed by atoms with Crippen molar-refractivity contribution in [3.63, 3.8) is 0 Å². The minimum atomic E-state index is -3.84. The lowest BCUT2D eigenvalue weighted by molar-refractivity contribution is -0.123. The molecule has 2 N–H and O–H groups in total. The van der Waals surface area contributed by atoms with E-state index in [1.807, 2.05) is 26.0 Å². The highest BCUT2D eigenvalue weighted by Crippen LogP contribution is 2.20. The third-order valence-electron chi connectivity index (χ3n) is 4.54. The summed E-state index contributed by atoms with van der Waals surface area (Å²) in [6.45, 7) is 7.79. The predicted octanol–water partition coefficient (Wildman–Crippen LogP) is 3.21. The molecular formula is C20H26N2O4S. The maximum absolute atomic E-state index is 12.3. The standard InChI is InChI=1S/C20H26N2O4S/c1-5-14(2)17-7-10-19(11-8-17)27(24,25)22-21-20(23)13-26-18-9-6-15(3)16(4)12-18/h6-12,14,22H,5,13H2,1-4H3,(H,21,23)/t14-/m0/s1. The summed E-state index contributed by atoms with van der Waals surface area (Å²) in [6.07, 6.45) is 0.973. The van der Waals surface area contributed by atoms with Crippen molar-refractivity contribution in [2.24, 2.45) is 0 Å². The van der Waals surface area contributed by atoms with Gasteiger partial charge in [-0.2, -0.15) is 0 Å². The molecule has 2 aromatic rings. The van der Waals surface area contributed by atoms with Gasteiger partial charge in [0, 0.05) is 0 Å². The lowest BCUT2D eigenvalue weighted by atomic mass is 9.99. The van der Waals surface area contributed by atoms with E-state index in [2.05, 4.69) is 24.1 Å². The number of ether oxygens (including phenoxy) is 1. The van der Waals surface area contributed by atoms with Crippen LogP contribution in [0.3, 0.4) is 0 Å². The van der Waals surface area contributed by atoms with Gasteiger partial charge in [-0.3, -0.25) is 10.2 Å². The molecule has 0 saturated carbocycles. The summed E-state index contributed by atoms with van der Waals surface area (Å²) in [4.78, 5) is 14.0. The van der Waals surface area contributed by atoms with Crippen molar-refractivity contribution in [3.05, 3.63) is 59.2 Å². The molecule has 0 saturated heterocycles. The number of hydrogen-bond donors (Lipinski definition) is 2. The first kappa shape index (κ1) is 20.9. The minimum Gasteiger partial charge on any atom is -0.484 e. The average molecular weight is 391 g/mol. The lowest BCUT2D eigenvalue weighted by Gasteiger charge is -2.12. The summed E-state index contributed by atoms with van der Waals surface area (Å²) in [6, 6.07) is 12.1. The van der Waals surface area contributed by atoms with E-state index in [9.17, 15) is 13.2 Å². The Kier molecular flexibility index (Phi) is 6.98. The van der Waals surface area contributed by atoms with Crippen LogP contribution in [-0.4, -0.2) is 20.9 Å².